The molecule has 0 heterocycles. The predicted octanol–water partition coefficient (Wildman–Crippen LogP) is 2.08. The topological polar surface area (TPSA) is 41.6 Å². The summed E-state index contributed by atoms with van der Waals surface area (Å²) in [4.78, 5) is 14.1. The maximum Gasteiger partial charge on any atom is 0.236 e. The molecule has 1 aliphatic carbocycles. The number of benzene rings is 1. The van der Waals surface area contributed by atoms with Gasteiger partial charge in [0.05, 0.1) is 13.2 Å². The fourth-order valence-corrected chi connectivity index (χ4v) is 2.11. The van der Waals surface area contributed by atoms with Gasteiger partial charge in [-0.3, -0.25) is 4.79 Å². The van der Waals surface area contributed by atoms with E-state index >= 15 is 0 Å². The van der Waals surface area contributed by atoms with Gasteiger partial charge in [-0.2, -0.15) is 0 Å². The van der Waals surface area contributed by atoms with Gasteiger partial charge in [0.25, 0.3) is 0 Å². The van der Waals surface area contributed by atoms with Gasteiger partial charge in [-0.05, 0) is 30.9 Å². The summed E-state index contributed by atoms with van der Waals surface area (Å²) in [7, 11) is 1.66. The Bertz CT molecular complexity index is 410. The highest BCUT2D eigenvalue weighted by Crippen LogP contribution is 2.27. The van der Waals surface area contributed by atoms with E-state index in [2.05, 4.69) is 5.32 Å². The van der Waals surface area contributed by atoms with Crippen molar-refractivity contribution >= 4 is 18.3 Å². The van der Waals surface area contributed by atoms with E-state index in [1.807, 2.05) is 35.2 Å². The van der Waals surface area contributed by atoms with Crippen LogP contribution < -0.4 is 5.32 Å². The minimum Gasteiger partial charge on any atom is -0.383 e. The Hall–Kier alpha value is -1.10. The van der Waals surface area contributed by atoms with Crippen LogP contribution in [0, 0.1) is 5.92 Å². The molecule has 0 unspecified atom stereocenters. The molecule has 0 bridgehead atoms. The molecule has 2 rings (SSSR count). The van der Waals surface area contributed by atoms with E-state index in [0.717, 1.165) is 18.0 Å². The molecule has 1 aromatic carbocycles. The SMILES string of the molecule is COCCN(Cc1ccccc1)C(=O)CNCC1CC1.Cl. The summed E-state index contributed by atoms with van der Waals surface area (Å²) in [5.74, 6) is 0.941. The largest absolute Gasteiger partial charge is 0.383 e. The third kappa shape index (κ3) is 6.93. The van der Waals surface area contributed by atoms with Crippen molar-refractivity contribution in [2.24, 2.45) is 5.92 Å². The van der Waals surface area contributed by atoms with Crippen molar-refractivity contribution in [3.05, 3.63) is 35.9 Å². The first-order valence-corrected chi connectivity index (χ1v) is 7.31. The van der Waals surface area contributed by atoms with Crippen LogP contribution >= 0.6 is 12.4 Å². The maximum absolute atomic E-state index is 12.3. The Morgan fingerprint density at radius 2 is 2.05 bits per heavy atom. The summed E-state index contributed by atoms with van der Waals surface area (Å²) in [6.45, 7) is 3.24. The van der Waals surface area contributed by atoms with Gasteiger partial charge < -0.3 is 15.0 Å². The Labute approximate surface area is 133 Å². The number of ether oxygens (including phenoxy) is 1. The van der Waals surface area contributed by atoms with E-state index in [0.29, 0.717) is 26.2 Å². The third-order valence-corrected chi connectivity index (χ3v) is 3.54. The average molecular weight is 313 g/mol. The van der Waals surface area contributed by atoms with Gasteiger partial charge in [0, 0.05) is 20.2 Å². The summed E-state index contributed by atoms with van der Waals surface area (Å²) in [5, 5.41) is 3.26. The van der Waals surface area contributed by atoms with Gasteiger partial charge in [-0.15, -0.1) is 12.4 Å². The van der Waals surface area contributed by atoms with Crippen molar-refractivity contribution < 1.29 is 9.53 Å². The molecule has 4 nitrogen and oxygen atoms in total. The molecule has 0 aliphatic heterocycles. The predicted molar refractivity (Wildman–Crippen MR) is 86.6 cm³/mol. The Morgan fingerprint density at radius 1 is 1.33 bits per heavy atom. The summed E-state index contributed by atoms with van der Waals surface area (Å²) in [6, 6.07) is 10.1. The van der Waals surface area contributed by atoms with Gasteiger partial charge in [-0.1, -0.05) is 30.3 Å². The number of nitrogens with zero attached hydrogens (tertiary/aromatic N) is 1. The molecule has 0 atom stereocenters. The second-order valence-corrected chi connectivity index (χ2v) is 5.37. The molecule has 0 spiro atoms. The lowest BCUT2D eigenvalue weighted by atomic mass is 10.2. The van der Waals surface area contributed by atoms with Crippen molar-refractivity contribution in [1.82, 2.24) is 10.2 Å². The van der Waals surface area contributed by atoms with E-state index in [4.69, 9.17) is 4.74 Å². The van der Waals surface area contributed by atoms with Crippen LogP contribution in [0.4, 0.5) is 0 Å². The average Bonchev–Trinajstić information content (AvgIpc) is 3.28. The number of halogens is 1. The van der Waals surface area contributed by atoms with Crippen LogP contribution in [0.5, 0.6) is 0 Å². The highest BCUT2D eigenvalue weighted by Gasteiger charge is 2.21. The zero-order chi connectivity index (χ0) is 14.2. The van der Waals surface area contributed by atoms with Gasteiger partial charge in [-0.25, -0.2) is 0 Å². The molecular weight excluding hydrogens is 288 g/mol. The molecule has 0 aromatic heterocycles. The van der Waals surface area contributed by atoms with E-state index in [-0.39, 0.29) is 18.3 Å². The van der Waals surface area contributed by atoms with Crippen LogP contribution in [0.3, 0.4) is 0 Å². The number of hydrogen-bond donors (Lipinski definition) is 1. The second kappa shape index (κ2) is 9.77. The minimum atomic E-state index is 0. The van der Waals surface area contributed by atoms with Crippen molar-refractivity contribution in [2.45, 2.75) is 19.4 Å². The Balaban J connectivity index is 0.00000220. The molecular formula is C16H25ClN2O2. The van der Waals surface area contributed by atoms with Gasteiger partial charge >= 0.3 is 0 Å². The van der Waals surface area contributed by atoms with Gasteiger partial charge in [0.1, 0.15) is 0 Å². The standard InChI is InChI=1S/C16H24N2O2.ClH/c1-20-10-9-18(13-15-5-3-2-4-6-15)16(19)12-17-11-14-7-8-14;/h2-6,14,17H,7-13H2,1H3;1H. The highest BCUT2D eigenvalue weighted by atomic mass is 35.5. The molecule has 0 saturated heterocycles. The molecule has 1 N–H and O–H groups in total. The monoisotopic (exact) mass is 312 g/mol. The van der Waals surface area contributed by atoms with Crippen LogP contribution in [-0.4, -0.2) is 44.2 Å². The number of methoxy groups -OCH3 is 1. The zero-order valence-corrected chi connectivity index (χ0v) is 13.4. The summed E-state index contributed by atoms with van der Waals surface area (Å²) >= 11 is 0. The lowest BCUT2D eigenvalue weighted by Crippen LogP contribution is -2.40. The number of nitrogens with one attached hydrogen (secondary N) is 1. The number of rotatable bonds is 9. The van der Waals surface area contributed by atoms with Crippen molar-refractivity contribution in [3.8, 4) is 0 Å². The van der Waals surface area contributed by atoms with Crippen LogP contribution in [-0.2, 0) is 16.1 Å². The molecule has 118 valence electrons. The summed E-state index contributed by atoms with van der Waals surface area (Å²) in [6.07, 6.45) is 2.61. The van der Waals surface area contributed by atoms with E-state index in [1.165, 1.54) is 12.8 Å². The van der Waals surface area contributed by atoms with Gasteiger partial charge in [0.15, 0.2) is 0 Å². The first-order chi connectivity index (χ1) is 9.79. The zero-order valence-electron chi connectivity index (χ0n) is 12.6. The molecule has 1 fully saturated rings. The lowest BCUT2D eigenvalue weighted by Gasteiger charge is -2.23. The molecule has 1 amide bonds. The van der Waals surface area contributed by atoms with Crippen molar-refractivity contribution in [1.29, 1.82) is 0 Å². The molecule has 0 radical (unpaired) electrons. The van der Waals surface area contributed by atoms with Crippen molar-refractivity contribution in [2.75, 3.05) is 33.4 Å². The smallest absolute Gasteiger partial charge is 0.236 e. The van der Waals surface area contributed by atoms with E-state index < -0.39 is 0 Å². The Kier molecular flexibility index (Phi) is 8.35. The summed E-state index contributed by atoms with van der Waals surface area (Å²) < 4.78 is 5.10. The fourth-order valence-electron chi connectivity index (χ4n) is 2.11. The van der Waals surface area contributed by atoms with E-state index in [9.17, 15) is 4.79 Å². The number of carbonyl (C=O) groups excluding carboxylic acids is 1. The number of carbonyl (C=O) groups is 1. The first-order valence-electron chi connectivity index (χ1n) is 7.31. The maximum atomic E-state index is 12.3. The van der Waals surface area contributed by atoms with Gasteiger partial charge in [0.2, 0.25) is 5.91 Å². The first kappa shape index (κ1) is 18.0. The number of hydrogen-bond acceptors (Lipinski definition) is 3. The molecule has 21 heavy (non-hydrogen) atoms. The van der Waals surface area contributed by atoms with E-state index in [1.54, 1.807) is 7.11 Å². The van der Waals surface area contributed by atoms with Crippen molar-refractivity contribution in [3.63, 3.8) is 0 Å². The number of amides is 1. The third-order valence-electron chi connectivity index (χ3n) is 3.54. The molecule has 1 saturated carbocycles. The second-order valence-electron chi connectivity index (χ2n) is 5.37. The Morgan fingerprint density at radius 3 is 2.67 bits per heavy atom. The van der Waals surface area contributed by atoms with Crippen LogP contribution in [0.15, 0.2) is 30.3 Å². The van der Waals surface area contributed by atoms with Crippen LogP contribution in [0.1, 0.15) is 18.4 Å². The molecule has 1 aliphatic rings. The molecule has 1 aromatic rings. The minimum absolute atomic E-state index is 0. The van der Waals surface area contributed by atoms with Crippen LogP contribution in [0.2, 0.25) is 0 Å². The highest BCUT2D eigenvalue weighted by molar-refractivity contribution is 5.85. The summed E-state index contributed by atoms with van der Waals surface area (Å²) in [5.41, 5.74) is 1.15. The normalized spacial score (nSPS) is 13.6. The fraction of sp³-hybridized carbons (Fsp3) is 0.562. The quantitative estimate of drug-likeness (QED) is 0.759. The lowest BCUT2D eigenvalue weighted by molar-refractivity contribution is -0.131. The van der Waals surface area contributed by atoms with Crippen LogP contribution in [0.25, 0.3) is 0 Å². The molecule has 5 heteroatoms.